The van der Waals surface area contributed by atoms with Crippen LogP contribution in [0.15, 0.2) is 60.7 Å². The molecule has 1 aliphatic heterocycles. The van der Waals surface area contributed by atoms with Gasteiger partial charge in [-0.2, -0.15) is 0 Å². The minimum atomic E-state index is -0.925. The van der Waals surface area contributed by atoms with Crippen molar-refractivity contribution >= 4 is 22.8 Å². The molecule has 2 heterocycles. The zero-order valence-corrected chi connectivity index (χ0v) is 21.9. The maximum Gasteiger partial charge on any atom is 0.335 e. The van der Waals surface area contributed by atoms with Crippen molar-refractivity contribution < 1.29 is 28.9 Å². The van der Waals surface area contributed by atoms with Gasteiger partial charge in [0.1, 0.15) is 23.9 Å². The molecule has 0 amide bonds. The van der Waals surface area contributed by atoms with E-state index in [0.29, 0.717) is 30.6 Å². The molecule has 0 atom stereocenters. The summed E-state index contributed by atoms with van der Waals surface area (Å²) in [5.74, 6) is 1.10. The maximum atomic E-state index is 11.9. The number of carbonyl (C=O) groups excluding carboxylic acids is 1. The number of nitrogens with zero attached hydrogens (tertiary/aromatic N) is 1. The molecule has 6 rings (SSSR count). The van der Waals surface area contributed by atoms with Crippen molar-refractivity contribution in [1.29, 1.82) is 0 Å². The van der Waals surface area contributed by atoms with Gasteiger partial charge in [-0.05, 0) is 54.7 Å². The molecule has 1 aliphatic carbocycles. The Morgan fingerprint density at radius 3 is 2.64 bits per heavy atom. The number of ether oxygens (including phenoxy) is 3. The Kier molecular flexibility index (Phi) is 6.73. The Morgan fingerprint density at radius 2 is 1.85 bits per heavy atom. The molecule has 3 aromatic carbocycles. The molecule has 2 aliphatic rings. The van der Waals surface area contributed by atoms with Crippen LogP contribution in [0.3, 0.4) is 0 Å². The smallest absolute Gasteiger partial charge is 0.335 e. The van der Waals surface area contributed by atoms with E-state index in [9.17, 15) is 14.7 Å². The summed E-state index contributed by atoms with van der Waals surface area (Å²) in [4.78, 5) is 23.7. The van der Waals surface area contributed by atoms with Crippen LogP contribution < -0.4 is 9.47 Å². The third kappa shape index (κ3) is 4.73. The van der Waals surface area contributed by atoms with Gasteiger partial charge in [-0.1, -0.05) is 43.5 Å². The lowest BCUT2D eigenvalue weighted by molar-refractivity contribution is -0.139. The summed E-state index contributed by atoms with van der Waals surface area (Å²) in [6.07, 6.45) is 6.03. The van der Waals surface area contributed by atoms with Crippen LogP contribution in [0.5, 0.6) is 17.2 Å². The van der Waals surface area contributed by atoms with E-state index in [2.05, 4.69) is 4.57 Å². The van der Waals surface area contributed by atoms with Gasteiger partial charge >= 0.3 is 11.9 Å². The van der Waals surface area contributed by atoms with Crippen molar-refractivity contribution in [3.05, 3.63) is 77.4 Å². The van der Waals surface area contributed by atoms with Gasteiger partial charge in [0, 0.05) is 28.1 Å². The molecule has 0 saturated heterocycles. The van der Waals surface area contributed by atoms with E-state index < -0.39 is 5.97 Å². The lowest BCUT2D eigenvalue weighted by atomic mass is 9.81. The normalized spacial score (nSPS) is 15.1. The number of methoxy groups -OCH3 is 1. The minimum absolute atomic E-state index is 0.122. The number of aromatic nitrogens is 1. The zero-order valence-electron chi connectivity index (χ0n) is 21.9. The first-order valence-electron chi connectivity index (χ1n) is 13.5. The number of rotatable bonds is 6. The number of carbonyl (C=O) groups is 2. The van der Waals surface area contributed by atoms with Crippen LogP contribution in [-0.4, -0.2) is 35.3 Å². The summed E-state index contributed by atoms with van der Waals surface area (Å²) in [5, 5.41) is 10.8. The largest absolute Gasteiger partial charge is 0.491 e. The molecule has 1 fully saturated rings. The van der Waals surface area contributed by atoms with E-state index in [4.69, 9.17) is 14.2 Å². The molecule has 7 nitrogen and oxygen atoms in total. The van der Waals surface area contributed by atoms with Crippen molar-refractivity contribution in [2.24, 2.45) is 0 Å². The fourth-order valence-electron chi connectivity index (χ4n) is 6.07. The molecule has 7 heteroatoms. The van der Waals surface area contributed by atoms with E-state index in [0.717, 1.165) is 46.3 Å². The predicted octanol–water partition coefficient (Wildman–Crippen LogP) is 6.95. The highest BCUT2D eigenvalue weighted by atomic mass is 16.5. The summed E-state index contributed by atoms with van der Waals surface area (Å²) in [6, 6.07) is 18.8. The van der Waals surface area contributed by atoms with Gasteiger partial charge in [-0.25, -0.2) is 4.79 Å². The molecule has 4 aromatic rings. The Morgan fingerprint density at radius 1 is 1.03 bits per heavy atom. The number of esters is 1. The second-order valence-electron chi connectivity index (χ2n) is 10.3. The molecule has 1 saturated carbocycles. The number of carboxylic acids is 1. The number of hydrogen-bond donors (Lipinski definition) is 1. The van der Waals surface area contributed by atoms with E-state index in [1.54, 1.807) is 12.1 Å². The Bertz CT molecular complexity index is 1560. The SMILES string of the molecule is COC(=O)Cc1ccccc1Oc1ccc2c(c1)OCCn1c-2c(C2CCCCC2)c2ccc(C(=O)O)cc21. The molecule has 0 bridgehead atoms. The van der Waals surface area contributed by atoms with Gasteiger partial charge in [0.25, 0.3) is 0 Å². The van der Waals surface area contributed by atoms with E-state index in [-0.39, 0.29) is 18.0 Å². The minimum Gasteiger partial charge on any atom is -0.491 e. The quantitative estimate of drug-likeness (QED) is 0.274. The summed E-state index contributed by atoms with van der Waals surface area (Å²) < 4.78 is 19.6. The van der Waals surface area contributed by atoms with Crippen LogP contribution in [0.2, 0.25) is 0 Å². The highest BCUT2D eigenvalue weighted by molar-refractivity contribution is 5.98. The Hall–Kier alpha value is -4.26. The van der Waals surface area contributed by atoms with Gasteiger partial charge in [-0.15, -0.1) is 0 Å². The van der Waals surface area contributed by atoms with Crippen LogP contribution >= 0.6 is 0 Å². The van der Waals surface area contributed by atoms with E-state index in [1.807, 2.05) is 48.5 Å². The molecule has 1 N–H and O–H groups in total. The van der Waals surface area contributed by atoms with Crippen molar-refractivity contribution in [2.45, 2.75) is 51.0 Å². The maximum absolute atomic E-state index is 11.9. The molecule has 0 unspecified atom stereocenters. The molecule has 39 heavy (non-hydrogen) atoms. The molecule has 0 spiro atoms. The van der Waals surface area contributed by atoms with Gasteiger partial charge < -0.3 is 23.9 Å². The average molecular weight is 526 g/mol. The number of benzene rings is 3. The predicted molar refractivity (Wildman–Crippen MR) is 148 cm³/mol. The molecular weight excluding hydrogens is 494 g/mol. The first-order chi connectivity index (χ1) is 19.0. The van der Waals surface area contributed by atoms with Crippen LogP contribution in [-0.2, 0) is 22.5 Å². The number of fused-ring (bicyclic) bond motifs is 5. The molecule has 1 aromatic heterocycles. The lowest BCUT2D eigenvalue weighted by Crippen LogP contribution is -2.07. The fraction of sp³-hybridized carbons (Fsp3) is 0.312. The van der Waals surface area contributed by atoms with E-state index >= 15 is 0 Å². The molecule has 200 valence electrons. The number of aromatic carboxylic acids is 1. The monoisotopic (exact) mass is 525 g/mol. The third-order valence-electron chi connectivity index (χ3n) is 7.91. The third-order valence-corrected chi connectivity index (χ3v) is 7.91. The van der Waals surface area contributed by atoms with Gasteiger partial charge in [0.05, 0.1) is 31.3 Å². The van der Waals surface area contributed by atoms with E-state index in [1.165, 1.54) is 31.9 Å². The second-order valence-corrected chi connectivity index (χ2v) is 10.3. The summed E-state index contributed by atoms with van der Waals surface area (Å²) in [6.45, 7) is 1.07. The fourth-order valence-corrected chi connectivity index (χ4v) is 6.07. The van der Waals surface area contributed by atoms with Crippen LogP contribution in [0.4, 0.5) is 0 Å². The average Bonchev–Trinajstić information content (AvgIpc) is 3.16. The van der Waals surface area contributed by atoms with Gasteiger partial charge in [-0.3, -0.25) is 4.79 Å². The lowest BCUT2D eigenvalue weighted by Gasteiger charge is -2.23. The van der Waals surface area contributed by atoms with Crippen molar-refractivity contribution in [2.75, 3.05) is 13.7 Å². The molecular formula is C32H31NO6. The van der Waals surface area contributed by atoms with Crippen LogP contribution in [0.1, 0.15) is 59.5 Å². The summed E-state index contributed by atoms with van der Waals surface area (Å²) in [5.41, 5.74) is 5.37. The standard InChI is InChI=1S/C32H31NO6/c1-37-29(34)18-21-9-5-6-10-27(21)39-23-12-14-25-28(19-23)38-16-15-33-26-17-22(32(35)36)11-13-24(26)30(31(25)33)20-7-3-2-4-8-20/h5-6,9-14,17,19-20H,2-4,7-8,15-16,18H2,1H3,(H,35,36). The highest BCUT2D eigenvalue weighted by Gasteiger charge is 2.30. The Balaban J connectivity index is 1.45. The van der Waals surface area contributed by atoms with Crippen molar-refractivity contribution in [3.63, 3.8) is 0 Å². The van der Waals surface area contributed by atoms with Crippen LogP contribution in [0.25, 0.3) is 22.2 Å². The zero-order chi connectivity index (χ0) is 26.9. The summed E-state index contributed by atoms with van der Waals surface area (Å²) >= 11 is 0. The second kappa shape index (κ2) is 10.5. The highest BCUT2D eigenvalue weighted by Crippen LogP contribution is 2.48. The van der Waals surface area contributed by atoms with Crippen molar-refractivity contribution in [3.8, 4) is 28.5 Å². The Labute approximate surface area is 226 Å². The number of para-hydroxylation sites is 1. The van der Waals surface area contributed by atoms with Crippen molar-refractivity contribution in [1.82, 2.24) is 4.57 Å². The molecule has 0 radical (unpaired) electrons. The van der Waals surface area contributed by atoms with Crippen LogP contribution in [0, 0.1) is 0 Å². The first-order valence-corrected chi connectivity index (χ1v) is 13.5. The first kappa shape index (κ1) is 25.0. The van der Waals surface area contributed by atoms with Gasteiger partial charge in [0.15, 0.2) is 0 Å². The number of carboxylic acid groups (broad SMARTS) is 1. The van der Waals surface area contributed by atoms with Gasteiger partial charge in [0.2, 0.25) is 0 Å². The number of hydrogen-bond acceptors (Lipinski definition) is 5. The topological polar surface area (TPSA) is 87.0 Å². The summed E-state index contributed by atoms with van der Waals surface area (Å²) in [7, 11) is 1.37.